The topological polar surface area (TPSA) is 54.5 Å². The summed E-state index contributed by atoms with van der Waals surface area (Å²) >= 11 is 0. The maximum Gasteiger partial charge on any atom is 0.326 e. The summed E-state index contributed by atoms with van der Waals surface area (Å²) in [7, 11) is 0. The summed E-state index contributed by atoms with van der Waals surface area (Å²) in [4.78, 5) is 18.4. The third kappa shape index (κ3) is 3.41. The molecule has 2 heterocycles. The molecule has 0 radical (unpaired) electrons. The minimum atomic E-state index is -0.562. The van der Waals surface area contributed by atoms with Gasteiger partial charge in [-0.3, -0.25) is 9.88 Å². The van der Waals surface area contributed by atoms with Crippen molar-refractivity contribution in [2.45, 2.75) is 26.5 Å². The van der Waals surface area contributed by atoms with Crippen molar-refractivity contribution in [2.24, 2.45) is 0 Å². The number of rotatable bonds is 4. The second-order valence-electron chi connectivity index (χ2n) is 6.75. The fourth-order valence-electron chi connectivity index (χ4n) is 3.31. The first kappa shape index (κ1) is 18.0. The lowest BCUT2D eigenvalue weighted by Gasteiger charge is -2.30. The number of urea groups is 1. The van der Waals surface area contributed by atoms with Crippen LogP contribution in [0.3, 0.4) is 0 Å². The predicted molar refractivity (Wildman–Crippen MR) is 106 cm³/mol. The summed E-state index contributed by atoms with van der Waals surface area (Å²) in [5.41, 5.74) is 3.80. The molecule has 3 aromatic rings. The average molecular weight is 377 g/mol. The highest BCUT2D eigenvalue weighted by Gasteiger charge is 2.25. The van der Waals surface area contributed by atoms with Crippen molar-refractivity contribution in [2.75, 3.05) is 10.2 Å². The molecule has 0 fully saturated rings. The van der Waals surface area contributed by atoms with Gasteiger partial charge in [0, 0.05) is 18.0 Å². The van der Waals surface area contributed by atoms with Crippen molar-refractivity contribution in [3.05, 3.63) is 83.4 Å². The van der Waals surface area contributed by atoms with Crippen LogP contribution in [0.2, 0.25) is 0 Å². The van der Waals surface area contributed by atoms with Crippen LogP contribution in [0, 0.1) is 12.7 Å². The SMILES string of the molecule is Cc1ccc(OC(C)c2ncccc2F)cc1N1Cc2ccccc2NC1=O. The second-order valence-corrected chi connectivity index (χ2v) is 6.75. The third-order valence-corrected chi connectivity index (χ3v) is 4.79. The van der Waals surface area contributed by atoms with Crippen molar-refractivity contribution in [3.8, 4) is 5.75 Å². The Kier molecular flexibility index (Phi) is 4.69. The maximum absolute atomic E-state index is 14.0. The Morgan fingerprint density at radius 1 is 1.18 bits per heavy atom. The van der Waals surface area contributed by atoms with Gasteiger partial charge >= 0.3 is 6.03 Å². The summed E-state index contributed by atoms with van der Waals surface area (Å²) < 4.78 is 19.9. The van der Waals surface area contributed by atoms with E-state index in [2.05, 4.69) is 10.3 Å². The number of carbonyl (C=O) groups excluding carboxylic acids is 1. The van der Waals surface area contributed by atoms with Crippen molar-refractivity contribution < 1.29 is 13.9 Å². The molecule has 1 aliphatic rings. The van der Waals surface area contributed by atoms with Crippen LogP contribution < -0.4 is 15.0 Å². The maximum atomic E-state index is 14.0. The predicted octanol–water partition coefficient (Wildman–Crippen LogP) is 5.22. The summed E-state index contributed by atoms with van der Waals surface area (Å²) in [6.45, 7) is 4.15. The number of benzene rings is 2. The Morgan fingerprint density at radius 3 is 2.82 bits per heavy atom. The van der Waals surface area contributed by atoms with Gasteiger partial charge in [0.25, 0.3) is 0 Å². The van der Waals surface area contributed by atoms with Gasteiger partial charge in [0.15, 0.2) is 0 Å². The van der Waals surface area contributed by atoms with E-state index in [9.17, 15) is 9.18 Å². The molecule has 0 bridgehead atoms. The highest BCUT2D eigenvalue weighted by atomic mass is 19.1. The molecule has 2 amide bonds. The quantitative estimate of drug-likeness (QED) is 0.678. The van der Waals surface area contributed by atoms with E-state index in [0.29, 0.717) is 12.3 Å². The summed E-state index contributed by atoms with van der Waals surface area (Å²) in [5, 5.41) is 2.92. The number of carbonyl (C=O) groups is 1. The zero-order valence-corrected chi connectivity index (χ0v) is 15.6. The molecular weight excluding hydrogens is 357 g/mol. The Hall–Kier alpha value is -3.41. The first-order chi connectivity index (χ1) is 13.5. The van der Waals surface area contributed by atoms with Crippen molar-refractivity contribution in [1.82, 2.24) is 4.98 Å². The smallest absolute Gasteiger partial charge is 0.326 e. The normalized spacial score (nSPS) is 14.2. The number of anilines is 2. The molecule has 142 valence electrons. The number of hydrogen-bond donors (Lipinski definition) is 1. The van der Waals surface area contributed by atoms with Crippen LogP contribution >= 0.6 is 0 Å². The highest BCUT2D eigenvalue weighted by molar-refractivity contribution is 6.04. The molecule has 0 aliphatic carbocycles. The lowest BCUT2D eigenvalue weighted by molar-refractivity contribution is 0.216. The van der Waals surface area contributed by atoms with Crippen LogP contribution in [0.25, 0.3) is 0 Å². The Balaban J connectivity index is 1.61. The molecule has 0 saturated carbocycles. The number of fused-ring (bicyclic) bond motifs is 1. The number of hydrogen-bond acceptors (Lipinski definition) is 3. The molecule has 28 heavy (non-hydrogen) atoms. The molecule has 0 spiro atoms. The van der Waals surface area contributed by atoms with Gasteiger partial charge in [-0.1, -0.05) is 24.3 Å². The molecule has 4 rings (SSSR count). The molecule has 1 unspecified atom stereocenters. The van der Waals surface area contributed by atoms with Crippen LogP contribution in [0.15, 0.2) is 60.8 Å². The van der Waals surface area contributed by atoms with Gasteiger partial charge in [0.05, 0.1) is 12.2 Å². The van der Waals surface area contributed by atoms with Crippen LogP contribution in [0.5, 0.6) is 5.75 Å². The number of pyridine rings is 1. The number of aryl methyl sites for hydroxylation is 1. The Bertz CT molecular complexity index is 1040. The fraction of sp³-hybridized carbons (Fsp3) is 0.182. The van der Waals surface area contributed by atoms with Gasteiger partial charge in [-0.25, -0.2) is 9.18 Å². The van der Waals surface area contributed by atoms with E-state index in [-0.39, 0.29) is 11.7 Å². The average Bonchev–Trinajstić information content (AvgIpc) is 2.69. The van der Waals surface area contributed by atoms with Gasteiger partial charge in [-0.2, -0.15) is 0 Å². The molecular formula is C22H20FN3O2. The minimum Gasteiger partial charge on any atom is -0.484 e. The van der Waals surface area contributed by atoms with Crippen molar-refractivity contribution in [1.29, 1.82) is 0 Å². The van der Waals surface area contributed by atoms with Gasteiger partial charge in [0.2, 0.25) is 0 Å². The van der Waals surface area contributed by atoms with Gasteiger partial charge in [-0.05, 0) is 49.2 Å². The van der Waals surface area contributed by atoms with E-state index in [1.807, 2.05) is 43.3 Å². The first-order valence-corrected chi connectivity index (χ1v) is 9.07. The molecule has 2 aromatic carbocycles. The standard InChI is InChI=1S/C22H20FN3O2/c1-14-9-10-17(28-15(2)21-18(23)7-5-11-24-21)12-20(14)26-13-16-6-3-4-8-19(16)25-22(26)27/h3-12,15H,13H2,1-2H3,(H,25,27). The minimum absolute atomic E-state index is 0.192. The van der Waals surface area contributed by atoms with E-state index >= 15 is 0 Å². The zero-order valence-electron chi connectivity index (χ0n) is 15.6. The first-order valence-electron chi connectivity index (χ1n) is 9.07. The number of para-hydroxylation sites is 1. The van der Waals surface area contributed by atoms with Gasteiger partial charge in [0.1, 0.15) is 23.4 Å². The number of nitrogens with one attached hydrogen (secondary N) is 1. The second kappa shape index (κ2) is 7.31. The van der Waals surface area contributed by atoms with E-state index in [0.717, 1.165) is 22.5 Å². The van der Waals surface area contributed by atoms with E-state index in [4.69, 9.17) is 4.74 Å². The number of nitrogens with zero attached hydrogens (tertiary/aromatic N) is 2. The van der Waals surface area contributed by atoms with Gasteiger partial charge in [-0.15, -0.1) is 0 Å². The lowest BCUT2D eigenvalue weighted by atomic mass is 10.1. The molecule has 6 heteroatoms. The van der Waals surface area contributed by atoms with Crippen LogP contribution in [-0.2, 0) is 6.54 Å². The molecule has 1 N–H and O–H groups in total. The van der Waals surface area contributed by atoms with Crippen LogP contribution in [-0.4, -0.2) is 11.0 Å². The van der Waals surface area contributed by atoms with Crippen LogP contribution in [0.4, 0.5) is 20.6 Å². The zero-order chi connectivity index (χ0) is 19.7. The molecule has 5 nitrogen and oxygen atoms in total. The number of ether oxygens (including phenoxy) is 1. The molecule has 1 aliphatic heterocycles. The molecule has 1 aromatic heterocycles. The summed E-state index contributed by atoms with van der Waals surface area (Å²) in [6.07, 6.45) is 0.974. The van der Waals surface area contributed by atoms with E-state index in [1.165, 1.54) is 12.3 Å². The largest absolute Gasteiger partial charge is 0.484 e. The fourth-order valence-corrected chi connectivity index (χ4v) is 3.31. The summed E-state index contributed by atoms with van der Waals surface area (Å²) in [5.74, 6) is 0.138. The number of aromatic nitrogens is 1. The number of halogens is 1. The van der Waals surface area contributed by atoms with E-state index < -0.39 is 11.9 Å². The highest BCUT2D eigenvalue weighted by Crippen LogP contribution is 2.33. The Morgan fingerprint density at radius 2 is 2.00 bits per heavy atom. The molecule has 1 atom stereocenters. The summed E-state index contributed by atoms with van der Waals surface area (Å²) in [6, 6.07) is 15.9. The van der Waals surface area contributed by atoms with Crippen molar-refractivity contribution >= 4 is 17.4 Å². The lowest BCUT2D eigenvalue weighted by Crippen LogP contribution is -2.39. The van der Waals surface area contributed by atoms with E-state index in [1.54, 1.807) is 24.0 Å². The van der Waals surface area contributed by atoms with Crippen LogP contribution in [0.1, 0.15) is 29.8 Å². The molecule has 0 saturated heterocycles. The number of amides is 2. The van der Waals surface area contributed by atoms with Crippen molar-refractivity contribution in [3.63, 3.8) is 0 Å². The Labute approximate surface area is 162 Å². The monoisotopic (exact) mass is 377 g/mol. The van der Waals surface area contributed by atoms with Gasteiger partial charge < -0.3 is 10.1 Å². The third-order valence-electron chi connectivity index (χ3n) is 4.79.